The van der Waals surface area contributed by atoms with Crippen molar-refractivity contribution in [3.63, 3.8) is 0 Å². The standard InChI is InChI=1S/C17H19N3O3/c1-11-15-12(2)23-19-16(15)17(22)20(18-11)10-14(21)9-8-13-6-4-3-5-7-13/h3-7,14,21H,8-10H2,1-2H3. The molecule has 23 heavy (non-hydrogen) atoms. The summed E-state index contributed by atoms with van der Waals surface area (Å²) >= 11 is 0. The number of hydrogen-bond acceptors (Lipinski definition) is 5. The lowest BCUT2D eigenvalue weighted by Gasteiger charge is -2.12. The second kappa shape index (κ2) is 6.34. The second-order valence-electron chi connectivity index (χ2n) is 5.71. The third-order valence-electron chi connectivity index (χ3n) is 3.92. The minimum atomic E-state index is -0.648. The van der Waals surface area contributed by atoms with Crippen LogP contribution in [0.2, 0.25) is 0 Å². The molecule has 6 nitrogen and oxygen atoms in total. The van der Waals surface area contributed by atoms with E-state index in [-0.39, 0.29) is 17.6 Å². The first-order valence-electron chi connectivity index (χ1n) is 7.62. The molecule has 0 amide bonds. The van der Waals surface area contributed by atoms with Gasteiger partial charge in [0.15, 0.2) is 5.52 Å². The van der Waals surface area contributed by atoms with Crippen molar-refractivity contribution in [3.8, 4) is 0 Å². The molecule has 0 saturated heterocycles. The van der Waals surface area contributed by atoms with E-state index >= 15 is 0 Å². The summed E-state index contributed by atoms with van der Waals surface area (Å²) in [5.41, 5.74) is 1.77. The summed E-state index contributed by atoms with van der Waals surface area (Å²) in [6.07, 6.45) is 0.666. The van der Waals surface area contributed by atoms with Gasteiger partial charge in [0, 0.05) is 0 Å². The van der Waals surface area contributed by atoms with E-state index in [1.165, 1.54) is 4.68 Å². The van der Waals surface area contributed by atoms with Gasteiger partial charge in [-0.15, -0.1) is 0 Å². The lowest BCUT2D eigenvalue weighted by atomic mass is 10.1. The Morgan fingerprint density at radius 1 is 1.26 bits per heavy atom. The van der Waals surface area contributed by atoms with Crippen molar-refractivity contribution in [2.75, 3.05) is 0 Å². The topological polar surface area (TPSA) is 81.1 Å². The number of rotatable bonds is 5. The fraction of sp³-hybridized carbons (Fsp3) is 0.353. The van der Waals surface area contributed by atoms with Crippen LogP contribution in [0, 0.1) is 13.8 Å². The van der Waals surface area contributed by atoms with Gasteiger partial charge in [-0.1, -0.05) is 35.5 Å². The van der Waals surface area contributed by atoms with Gasteiger partial charge in [-0.2, -0.15) is 5.10 Å². The summed E-state index contributed by atoms with van der Waals surface area (Å²) in [5.74, 6) is 0.582. The third-order valence-corrected chi connectivity index (χ3v) is 3.92. The molecule has 1 unspecified atom stereocenters. The zero-order chi connectivity index (χ0) is 16.4. The molecule has 0 aliphatic carbocycles. The Morgan fingerprint density at radius 3 is 2.74 bits per heavy atom. The van der Waals surface area contributed by atoms with E-state index in [4.69, 9.17) is 4.52 Å². The molecule has 2 heterocycles. The molecular weight excluding hydrogens is 294 g/mol. The molecule has 3 aromatic rings. The van der Waals surface area contributed by atoms with Crippen LogP contribution >= 0.6 is 0 Å². The molecule has 0 spiro atoms. The number of aryl methyl sites for hydroxylation is 3. The maximum atomic E-state index is 12.4. The average Bonchev–Trinajstić information content (AvgIpc) is 2.94. The van der Waals surface area contributed by atoms with Crippen molar-refractivity contribution in [3.05, 3.63) is 57.7 Å². The van der Waals surface area contributed by atoms with Crippen LogP contribution in [-0.4, -0.2) is 26.1 Å². The highest BCUT2D eigenvalue weighted by atomic mass is 16.5. The number of benzene rings is 1. The molecule has 0 bridgehead atoms. The maximum Gasteiger partial charge on any atom is 0.296 e. The van der Waals surface area contributed by atoms with Gasteiger partial charge >= 0.3 is 0 Å². The van der Waals surface area contributed by atoms with E-state index in [0.717, 1.165) is 12.0 Å². The fourth-order valence-electron chi connectivity index (χ4n) is 2.74. The van der Waals surface area contributed by atoms with Crippen LogP contribution in [0.5, 0.6) is 0 Å². The summed E-state index contributed by atoms with van der Waals surface area (Å²) in [5, 5.41) is 19.0. The Hall–Kier alpha value is -2.47. The van der Waals surface area contributed by atoms with Gasteiger partial charge < -0.3 is 9.63 Å². The first-order chi connectivity index (χ1) is 11.1. The minimum absolute atomic E-state index is 0.147. The van der Waals surface area contributed by atoms with E-state index in [9.17, 15) is 9.90 Å². The Bertz CT molecular complexity index is 868. The monoisotopic (exact) mass is 313 g/mol. The predicted molar refractivity (Wildman–Crippen MR) is 86.3 cm³/mol. The van der Waals surface area contributed by atoms with E-state index in [0.29, 0.717) is 23.3 Å². The van der Waals surface area contributed by atoms with Crippen LogP contribution in [0.25, 0.3) is 10.9 Å². The quantitative estimate of drug-likeness (QED) is 0.779. The zero-order valence-electron chi connectivity index (χ0n) is 13.2. The molecule has 1 N–H and O–H groups in total. The largest absolute Gasteiger partial charge is 0.391 e. The van der Waals surface area contributed by atoms with E-state index in [1.807, 2.05) is 30.3 Å². The summed E-state index contributed by atoms with van der Waals surface area (Å²) in [6, 6.07) is 9.94. The first-order valence-corrected chi connectivity index (χ1v) is 7.62. The van der Waals surface area contributed by atoms with Gasteiger partial charge in [-0.05, 0) is 32.3 Å². The summed E-state index contributed by atoms with van der Waals surface area (Å²) in [4.78, 5) is 12.4. The van der Waals surface area contributed by atoms with Gasteiger partial charge in [0.1, 0.15) is 5.76 Å². The molecular formula is C17H19N3O3. The molecule has 0 fully saturated rings. The van der Waals surface area contributed by atoms with Crippen LogP contribution in [0.3, 0.4) is 0 Å². The zero-order valence-corrected chi connectivity index (χ0v) is 13.2. The highest BCUT2D eigenvalue weighted by Gasteiger charge is 2.16. The second-order valence-corrected chi connectivity index (χ2v) is 5.71. The number of nitrogens with zero attached hydrogens (tertiary/aromatic N) is 3. The maximum absolute atomic E-state index is 12.4. The molecule has 1 aromatic carbocycles. The number of aliphatic hydroxyl groups excluding tert-OH is 1. The molecule has 1 atom stereocenters. The van der Waals surface area contributed by atoms with Crippen molar-refractivity contribution in [1.82, 2.24) is 14.9 Å². The SMILES string of the molecule is Cc1nn(CC(O)CCc2ccccc2)c(=O)c2noc(C)c12. The van der Waals surface area contributed by atoms with Crippen molar-refractivity contribution < 1.29 is 9.63 Å². The summed E-state index contributed by atoms with van der Waals surface area (Å²) < 4.78 is 6.35. The van der Waals surface area contributed by atoms with Gasteiger partial charge in [0.2, 0.25) is 0 Å². The highest BCUT2D eigenvalue weighted by Crippen LogP contribution is 2.16. The Labute approximate surface area is 133 Å². The van der Waals surface area contributed by atoms with E-state index in [1.54, 1.807) is 13.8 Å². The molecule has 0 aliphatic rings. The van der Waals surface area contributed by atoms with E-state index in [2.05, 4.69) is 10.3 Å². The third kappa shape index (κ3) is 3.17. The summed E-state index contributed by atoms with van der Waals surface area (Å²) in [7, 11) is 0. The smallest absolute Gasteiger partial charge is 0.296 e. The van der Waals surface area contributed by atoms with Crippen molar-refractivity contribution in [2.45, 2.75) is 39.3 Å². The van der Waals surface area contributed by atoms with Crippen molar-refractivity contribution in [2.24, 2.45) is 0 Å². The molecule has 0 aliphatic heterocycles. The van der Waals surface area contributed by atoms with Crippen molar-refractivity contribution in [1.29, 1.82) is 0 Å². The molecule has 6 heteroatoms. The van der Waals surface area contributed by atoms with Crippen LogP contribution in [0.1, 0.15) is 23.4 Å². The normalized spacial score (nSPS) is 12.7. The van der Waals surface area contributed by atoms with Crippen molar-refractivity contribution >= 4 is 10.9 Å². The van der Waals surface area contributed by atoms with Gasteiger partial charge in [0.05, 0.1) is 23.7 Å². The van der Waals surface area contributed by atoms with Crippen LogP contribution in [0.15, 0.2) is 39.6 Å². The molecule has 120 valence electrons. The van der Waals surface area contributed by atoms with Gasteiger partial charge in [-0.25, -0.2) is 4.68 Å². The first kappa shape index (κ1) is 15.4. The molecule has 0 radical (unpaired) electrons. The number of hydrogen-bond donors (Lipinski definition) is 1. The van der Waals surface area contributed by atoms with E-state index < -0.39 is 6.10 Å². The van der Waals surface area contributed by atoms with Gasteiger partial charge in [0.25, 0.3) is 5.56 Å². The predicted octanol–water partition coefficient (Wildman–Crippen LogP) is 2.00. The molecule has 0 saturated carbocycles. The fourth-order valence-corrected chi connectivity index (χ4v) is 2.74. The molecule has 3 rings (SSSR count). The average molecular weight is 313 g/mol. The molecule has 2 aromatic heterocycles. The van der Waals surface area contributed by atoms with Crippen LogP contribution in [-0.2, 0) is 13.0 Å². The Morgan fingerprint density at radius 2 is 2.00 bits per heavy atom. The lowest BCUT2D eigenvalue weighted by Crippen LogP contribution is -2.30. The van der Waals surface area contributed by atoms with Crippen LogP contribution < -0.4 is 5.56 Å². The number of fused-ring (bicyclic) bond motifs is 1. The Balaban J connectivity index is 1.76. The van der Waals surface area contributed by atoms with Gasteiger partial charge in [-0.3, -0.25) is 4.79 Å². The lowest BCUT2D eigenvalue weighted by molar-refractivity contribution is 0.138. The highest BCUT2D eigenvalue weighted by molar-refractivity contribution is 5.81. The summed E-state index contributed by atoms with van der Waals surface area (Å²) in [6.45, 7) is 3.70. The number of aromatic nitrogens is 3. The Kier molecular flexibility index (Phi) is 4.25. The number of aliphatic hydroxyl groups is 1. The van der Waals surface area contributed by atoms with Crippen LogP contribution in [0.4, 0.5) is 0 Å². The minimum Gasteiger partial charge on any atom is -0.391 e.